The van der Waals surface area contributed by atoms with Gasteiger partial charge in [0.2, 0.25) is 5.95 Å². The molecule has 1 aromatic carbocycles. The summed E-state index contributed by atoms with van der Waals surface area (Å²) < 4.78 is 44.4. The number of carbonyl (C=O) groups is 2. The number of carbonyl (C=O) groups excluding carboxylic acids is 2. The second-order valence-corrected chi connectivity index (χ2v) is 6.40. The average Bonchev–Trinajstić information content (AvgIpc) is 3.04. The van der Waals surface area contributed by atoms with E-state index in [4.69, 9.17) is 10.5 Å². The number of ether oxygens (including phenoxy) is 1. The van der Waals surface area contributed by atoms with E-state index in [1.807, 2.05) is 0 Å². The summed E-state index contributed by atoms with van der Waals surface area (Å²) in [6.07, 6.45) is -0.125. The zero-order valence-corrected chi connectivity index (χ0v) is 15.6. The fourth-order valence-electron chi connectivity index (χ4n) is 2.87. The Morgan fingerprint density at radius 3 is 2.26 bits per heavy atom. The molecule has 0 saturated carbocycles. The summed E-state index contributed by atoms with van der Waals surface area (Å²) >= 11 is 0. The first-order valence-corrected chi connectivity index (χ1v) is 8.74. The third-order valence-corrected chi connectivity index (χ3v) is 4.31. The Balaban J connectivity index is 1.53. The fourth-order valence-corrected chi connectivity index (χ4v) is 2.87. The number of rotatable bonds is 4. The van der Waals surface area contributed by atoms with Crippen molar-refractivity contribution in [1.29, 1.82) is 0 Å². The van der Waals surface area contributed by atoms with E-state index >= 15 is 0 Å². The normalized spacial score (nSPS) is 14.3. The lowest BCUT2D eigenvalue weighted by atomic mass is 10.2. The fraction of sp³-hybridized carbons (Fsp3) is 0.105. The Bertz CT molecular complexity index is 1140. The predicted octanol–water partition coefficient (Wildman–Crippen LogP) is 3.24. The van der Waals surface area contributed by atoms with E-state index in [1.54, 1.807) is 0 Å². The standard InChI is InChI=1S/C19H13F3N6O3/c20-19(21,22)11-5-13(7-24-6-11)27-10-16(29)28(18(27)30)12-1-3-14(4-2-12)31-15-8-25-17(23)26-9-15/h1-9H,10H2,(H2,23,25,26). The van der Waals surface area contributed by atoms with Gasteiger partial charge >= 0.3 is 12.2 Å². The van der Waals surface area contributed by atoms with Gasteiger partial charge in [0.05, 0.1) is 35.5 Å². The number of hydrogen-bond acceptors (Lipinski definition) is 7. The summed E-state index contributed by atoms with van der Waals surface area (Å²) in [5.41, 5.74) is 4.50. The molecule has 0 radical (unpaired) electrons. The number of alkyl halides is 3. The molecule has 31 heavy (non-hydrogen) atoms. The van der Waals surface area contributed by atoms with Crippen molar-refractivity contribution in [3.05, 3.63) is 60.7 Å². The first-order valence-electron chi connectivity index (χ1n) is 8.74. The van der Waals surface area contributed by atoms with E-state index in [0.29, 0.717) is 17.7 Å². The van der Waals surface area contributed by atoms with Crippen LogP contribution in [0.15, 0.2) is 55.1 Å². The van der Waals surface area contributed by atoms with Crippen LogP contribution in [0.25, 0.3) is 0 Å². The van der Waals surface area contributed by atoms with Gasteiger partial charge in [-0.05, 0) is 30.3 Å². The molecular formula is C19H13F3N6O3. The number of aromatic nitrogens is 3. The highest BCUT2D eigenvalue weighted by Crippen LogP contribution is 2.33. The molecule has 0 bridgehead atoms. The van der Waals surface area contributed by atoms with Gasteiger partial charge in [0.15, 0.2) is 5.75 Å². The number of imide groups is 1. The summed E-state index contributed by atoms with van der Waals surface area (Å²) in [4.78, 5) is 38.1. The molecule has 1 saturated heterocycles. The van der Waals surface area contributed by atoms with Crippen LogP contribution in [0.4, 0.5) is 35.3 Å². The first-order chi connectivity index (χ1) is 14.7. The molecule has 9 nitrogen and oxygen atoms in total. The summed E-state index contributed by atoms with van der Waals surface area (Å²) in [6, 6.07) is 5.95. The van der Waals surface area contributed by atoms with Crippen molar-refractivity contribution < 1.29 is 27.5 Å². The molecular weight excluding hydrogens is 417 g/mol. The molecule has 12 heteroatoms. The van der Waals surface area contributed by atoms with Crippen LogP contribution in [0.1, 0.15) is 5.56 Å². The maximum absolute atomic E-state index is 12.9. The van der Waals surface area contributed by atoms with Crippen LogP contribution < -0.4 is 20.3 Å². The van der Waals surface area contributed by atoms with Crippen LogP contribution in [-0.2, 0) is 11.0 Å². The molecule has 0 atom stereocenters. The predicted molar refractivity (Wildman–Crippen MR) is 102 cm³/mol. The van der Waals surface area contributed by atoms with Crippen LogP contribution in [-0.4, -0.2) is 33.4 Å². The number of benzene rings is 1. The molecule has 2 aromatic heterocycles. The summed E-state index contributed by atoms with van der Waals surface area (Å²) in [5.74, 6) is 0.214. The molecule has 1 aliphatic heterocycles. The van der Waals surface area contributed by atoms with E-state index in [0.717, 1.165) is 22.1 Å². The van der Waals surface area contributed by atoms with Gasteiger partial charge < -0.3 is 10.5 Å². The minimum absolute atomic E-state index is 0.0919. The number of amides is 3. The van der Waals surface area contributed by atoms with E-state index in [-0.39, 0.29) is 17.3 Å². The van der Waals surface area contributed by atoms with Crippen molar-refractivity contribution in [3.63, 3.8) is 0 Å². The lowest BCUT2D eigenvalue weighted by Crippen LogP contribution is -2.33. The zero-order chi connectivity index (χ0) is 22.2. The number of halogens is 3. The molecule has 3 amide bonds. The Morgan fingerprint density at radius 1 is 0.935 bits per heavy atom. The van der Waals surface area contributed by atoms with Crippen LogP contribution in [0, 0.1) is 0 Å². The SMILES string of the molecule is Nc1ncc(Oc2ccc(N3C(=O)CN(c4cncc(C(F)(F)F)c4)C3=O)cc2)cn1. The number of nitrogen functional groups attached to an aromatic ring is 1. The highest BCUT2D eigenvalue weighted by atomic mass is 19.4. The second kappa shape index (κ2) is 7.55. The molecule has 3 aromatic rings. The van der Waals surface area contributed by atoms with Crippen LogP contribution in [0.5, 0.6) is 11.5 Å². The van der Waals surface area contributed by atoms with Gasteiger partial charge in [-0.1, -0.05) is 0 Å². The topological polar surface area (TPSA) is 115 Å². The van der Waals surface area contributed by atoms with Crippen molar-refractivity contribution in [1.82, 2.24) is 15.0 Å². The minimum Gasteiger partial charge on any atom is -0.454 e. The molecule has 4 rings (SSSR count). The number of pyridine rings is 1. The maximum Gasteiger partial charge on any atom is 0.417 e. The summed E-state index contributed by atoms with van der Waals surface area (Å²) in [5, 5.41) is 0. The van der Waals surface area contributed by atoms with Crippen molar-refractivity contribution in [2.24, 2.45) is 0 Å². The Kier molecular flexibility index (Phi) is 4.89. The van der Waals surface area contributed by atoms with E-state index in [2.05, 4.69) is 15.0 Å². The van der Waals surface area contributed by atoms with Gasteiger partial charge in [-0.2, -0.15) is 13.2 Å². The van der Waals surface area contributed by atoms with Crippen molar-refractivity contribution in [2.45, 2.75) is 6.18 Å². The number of nitrogens with zero attached hydrogens (tertiary/aromatic N) is 5. The summed E-state index contributed by atoms with van der Waals surface area (Å²) in [6.45, 7) is -0.414. The second-order valence-electron chi connectivity index (χ2n) is 6.40. The van der Waals surface area contributed by atoms with Gasteiger partial charge in [0, 0.05) is 6.20 Å². The van der Waals surface area contributed by atoms with Crippen LogP contribution >= 0.6 is 0 Å². The van der Waals surface area contributed by atoms with Gasteiger partial charge in [0.25, 0.3) is 5.91 Å². The number of nitrogens with two attached hydrogens (primary N) is 1. The highest BCUT2D eigenvalue weighted by molar-refractivity contribution is 6.26. The number of anilines is 3. The van der Waals surface area contributed by atoms with Crippen molar-refractivity contribution >= 4 is 29.3 Å². The Morgan fingerprint density at radius 2 is 1.61 bits per heavy atom. The molecule has 0 spiro atoms. The van der Waals surface area contributed by atoms with Gasteiger partial charge in [0.1, 0.15) is 12.3 Å². The van der Waals surface area contributed by atoms with E-state index < -0.39 is 30.2 Å². The monoisotopic (exact) mass is 430 g/mol. The molecule has 1 fully saturated rings. The first kappa shape index (κ1) is 20.1. The smallest absolute Gasteiger partial charge is 0.417 e. The Hall–Kier alpha value is -4.22. The molecule has 2 N–H and O–H groups in total. The third-order valence-electron chi connectivity index (χ3n) is 4.31. The number of hydrogen-bond donors (Lipinski definition) is 1. The van der Waals surface area contributed by atoms with Gasteiger partial charge in [-0.25, -0.2) is 19.7 Å². The van der Waals surface area contributed by atoms with Crippen LogP contribution in [0.3, 0.4) is 0 Å². The van der Waals surface area contributed by atoms with Crippen LogP contribution in [0.2, 0.25) is 0 Å². The van der Waals surface area contributed by atoms with E-state index in [1.165, 1.54) is 36.7 Å². The maximum atomic E-state index is 12.9. The van der Waals surface area contributed by atoms with Crippen molar-refractivity contribution in [2.75, 3.05) is 22.1 Å². The van der Waals surface area contributed by atoms with E-state index in [9.17, 15) is 22.8 Å². The van der Waals surface area contributed by atoms with Gasteiger partial charge in [-0.3, -0.25) is 14.7 Å². The Labute approximate surface area is 172 Å². The quantitative estimate of drug-likeness (QED) is 0.632. The highest BCUT2D eigenvalue weighted by Gasteiger charge is 2.39. The lowest BCUT2D eigenvalue weighted by Gasteiger charge is -2.18. The molecule has 0 unspecified atom stereocenters. The third kappa shape index (κ3) is 4.08. The molecule has 3 heterocycles. The molecule has 158 valence electrons. The lowest BCUT2D eigenvalue weighted by molar-refractivity contribution is -0.137. The number of urea groups is 1. The van der Waals surface area contributed by atoms with Crippen molar-refractivity contribution in [3.8, 4) is 11.5 Å². The van der Waals surface area contributed by atoms with Gasteiger partial charge in [-0.15, -0.1) is 0 Å². The molecule has 0 aliphatic carbocycles. The zero-order valence-electron chi connectivity index (χ0n) is 15.6. The average molecular weight is 430 g/mol. The summed E-state index contributed by atoms with van der Waals surface area (Å²) in [7, 11) is 0. The molecule has 1 aliphatic rings. The minimum atomic E-state index is -4.62. The largest absolute Gasteiger partial charge is 0.454 e.